The molecule has 1 aliphatic rings. The Morgan fingerprint density at radius 1 is 1.35 bits per heavy atom. The van der Waals surface area contributed by atoms with Gasteiger partial charge in [0.25, 0.3) is 5.91 Å². The lowest BCUT2D eigenvalue weighted by molar-refractivity contribution is 0.0706. The summed E-state index contributed by atoms with van der Waals surface area (Å²) in [6.07, 6.45) is 3.80. The van der Waals surface area contributed by atoms with Gasteiger partial charge in [-0.1, -0.05) is 18.3 Å². The summed E-state index contributed by atoms with van der Waals surface area (Å²) in [5.41, 5.74) is 1.53. The highest BCUT2D eigenvalue weighted by atomic mass is 16.2. The highest BCUT2D eigenvalue weighted by Gasteiger charge is 2.23. The number of benzene rings is 1. The van der Waals surface area contributed by atoms with Gasteiger partial charge in [-0.15, -0.1) is 0 Å². The summed E-state index contributed by atoms with van der Waals surface area (Å²) in [5.74, 6) is 6.21. The Morgan fingerprint density at radius 2 is 2.05 bits per heavy atom. The minimum Gasteiger partial charge on any atom is -0.384 e. The van der Waals surface area contributed by atoms with E-state index in [1.54, 1.807) is 0 Å². The lowest BCUT2D eigenvalue weighted by Crippen LogP contribution is -2.37. The van der Waals surface area contributed by atoms with Crippen LogP contribution in [0.2, 0.25) is 0 Å². The van der Waals surface area contributed by atoms with Crippen LogP contribution in [-0.4, -0.2) is 35.6 Å². The quantitative estimate of drug-likeness (QED) is 0.854. The zero-order valence-corrected chi connectivity index (χ0v) is 11.9. The van der Waals surface area contributed by atoms with Gasteiger partial charge < -0.3 is 10.0 Å². The van der Waals surface area contributed by atoms with Crippen molar-refractivity contribution in [1.29, 1.82) is 0 Å². The van der Waals surface area contributed by atoms with E-state index in [-0.39, 0.29) is 12.5 Å². The maximum atomic E-state index is 12.4. The van der Waals surface area contributed by atoms with E-state index >= 15 is 0 Å². The predicted molar refractivity (Wildman–Crippen MR) is 79.3 cm³/mol. The van der Waals surface area contributed by atoms with Crippen molar-refractivity contribution in [1.82, 2.24) is 4.90 Å². The lowest BCUT2D eigenvalue weighted by atomic mass is 9.85. The number of carbonyl (C=O) groups excluding carboxylic acids is 1. The van der Waals surface area contributed by atoms with Crippen LogP contribution in [0.5, 0.6) is 0 Å². The van der Waals surface area contributed by atoms with Crippen molar-refractivity contribution in [3.05, 3.63) is 35.4 Å². The molecule has 20 heavy (non-hydrogen) atoms. The molecule has 2 rings (SSSR count). The lowest BCUT2D eigenvalue weighted by Gasteiger charge is -2.31. The van der Waals surface area contributed by atoms with Crippen molar-refractivity contribution in [2.45, 2.75) is 26.2 Å². The van der Waals surface area contributed by atoms with Gasteiger partial charge in [0.2, 0.25) is 0 Å². The zero-order valence-electron chi connectivity index (χ0n) is 11.9. The smallest absolute Gasteiger partial charge is 0.253 e. The molecular formula is C17H21NO2. The van der Waals surface area contributed by atoms with Crippen LogP contribution in [0.15, 0.2) is 24.3 Å². The summed E-state index contributed by atoms with van der Waals surface area (Å²) in [4.78, 5) is 14.4. The summed E-state index contributed by atoms with van der Waals surface area (Å²) < 4.78 is 0. The molecule has 1 aromatic rings. The van der Waals surface area contributed by atoms with E-state index in [0.717, 1.165) is 18.7 Å². The van der Waals surface area contributed by atoms with Crippen LogP contribution in [0.4, 0.5) is 0 Å². The second kappa shape index (κ2) is 7.12. The minimum atomic E-state index is -0.147. The van der Waals surface area contributed by atoms with Crippen molar-refractivity contribution < 1.29 is 9.90 Å². The topological polar surface area (TPSA) is 40.5 Å². The number of aliphatic hydroxyl groups excluding tert-OH is 1. The maximum absolute atomic E-state index is 12.4. The van der Waals surface area contributed by atoms with Crippen molar-refractivity contribution in [2.24, 2.45) is 5.92 Å². The predicted octanol–water partition coefficient (Wildman–Crippen LogP) is 2.29. The Bertz CT molecular complexity index is 506. The van der Waals surface area contributed by atoms with E-state index < -0.39 is 0 Å². The number of hydrogen-bond donors (Lipinski definition) is 1. The van der Waals surface area contributed by atoms with Crippen LogP contribution in [-0.2, 0) is 0 Å². The molecule has 0 unspecified atom stereocenters. The van der Waals surface area contributed by atoms with Gasteiger partial charge in [-0.2, -0.15) is 0 Å². The van der Waals surface area contributed by atoms with E-state index in [1.807, 2.05) is 36.1 Å². The fourth-order valence-corrected chi connectivity index (χ4v) is 2.36. The molecule has 0 spiro atoms. The normalized spacial score (nSPS) is 14.1. The number of aliphatic hydroxyl groups is 1. The Morgan fingerprint density at radius 3 is 2.55 bits per heavy atom. The van der Waals surface area contributed by atoms with Crippen molar-refractivity contribution >= 4 is 5.91 Å². The van der Waals surface area contributed by atoms with Crippen molar-refractivity contribution in [2.75, 3.05) is 19.7 Å². The van der Waals surface area contributed by atoms with Gasteiger partial charge in [-0.25, -0.2) is 0 Å². The largest absolute Gasteiger partial charge is 0.384 e. The number of rotatable bonds is 4. The molecule has 0 aliphatic heterocycles. The molecule has 3 heteroatoms. The van der Waals surface area contributed by atoms with E-state index in [0.29, 0.717) is 11.5 Å². The molecule has 0 atom stereocenters. The molecule has 106 valence electrons. The molecule has 1 N–H and O–H groups in total. The Balaban J connectivity index is 2.02. The molecule has 1 saturated carbocycles. The Kier molecular flexibility index (Phi) is 5.20. The van der Waals surface area contributed by atoms with Crippen molar-refractivity contribution in [3.8, 4) is 11.8 Å². The van der Waals surface area contributed by atoms with E-state index in [2.05, 4.69) is 11.8 Å². The number of amides is 1. The summed E-state index contributed by atoms with van der Waals surface area (Å²) in [5, 5.41) is 8.65. The first-order valence-electron chi connectivity index (χ1n) is 7.23. The third-order valence-electron chi connectivity index (χ3n) is 3.82. The molecule has 3 nitrogen and oxygen atoms in total. The van der Waals surface area contributed by atoms with Gasteiger partial charge >= 0.3 is 0 Å². The van der Waals surface area contributed by atoms with Crippen LogP contribution >= 0.6 is 0 Å². The van der Waals surface area contributed by atoms with E-state index in [4.69, 9.17) is 5.11 Å². The van der Waals surface area contributed by atoms with Crippen LogP contribution in [0.25, 0.3) is 0 Å². The summed E-state index contributed by atoms with van der Waals surface area (Å²) in [6, 6.07) is 7.28. The molecule has 1 fully saturated rings. The molecule has 0 heterocycles. The van der Waals surface area contributed by atoms with Gasteiger partial charge in [0, 0.05) is 24.2 Å². The monoisotopic (exact) mass is 271 g/mol. The number of carbonyl (C=O) groups is 1. The summed E-state index contributed by atoms with van der Waals surface area (Å²) in [6.45, 7) is 3.51. The van der Waals surface area contributed by atoms with E-state index in [1.165, 1.54) is 19.3 Å². The minimum absolute atomic E-state index is 0.0982. The molecule has 1 aliphatic carbocycles. The average Bonchev–Trinajstić information content (AvgIpc) is 2.44. The molecule has 0 bridgehead atoms. The first-order valence-corrected chi connectivity index (χ1v) is 7.23. The van der Waals surface area contributed by atoms with Gasteiger partial charge in [0.15, 0.2) is 0 Å². The number of hydrogen-bond acceptors (Lipinski definition) is 2. The standard InChI is InChI=1S/C17H21NO2/c1-2-18(13-15-5-3-6-15)17(20)16-10-8-14(9-11-16)7-4-12-19/h8-11,15,19H,2-3,5-6,12-13H2,1H3. The second-order valence-electron chi connectivity index (χ2n) is 5.18. The molecule has 1 aromatic carbocycles. The van der Waals surface area contributed by atoms with Gasteiger partial charge in [-0.05, 0) is 49.9 Å². The molecular weight excluding hydrogens is 250 g/mol. The average molecular weight is 271 g/mol. The summed E-state index contributed by atoms with van der Waals surface area (Å²) >= 11 is 0. The molecule has 0 radical (unpaired) electrons. The van der Waals surface area contributed by atoms with Gasteiger partial charge in [-0.3, -0.25) is 4.79 Å². The van der Waals surface area contributed by atoms with Gasteiger partial charge in [0.1, 0.15) is 6.61 Å². The number of nitrogens with zero attached hydrogens (tertiary/aromatic N) is 1. The third-order valence-corrected chi connectivity index (χ3v) is 3.82. The van der Waals surface area contributed by atoms with Crippen LogP contribution < -0.4 is 0 Å². The zero-order chi connectivity index (χ0) is 14.4. The van der Waals surface area contributed by atoms with E-state index in [9.17, 15) is 4.79 Å². The Labute approximate surface area is 120 Å². The highest BCUT2D eigenvalue weighted by molar-refractivity contribution is 5.94. The highest BCUT2D eigenvalue weighted by Crippen LogP contribution is 2.27. The fraction of sp³-hybridized carbons (Fsp3) is 0.471. The maximum Gasteiger partial charge on any atom is 0.253 e. The molecule has 1 amide bonds. The Hall–Kier alpha value is -1.79. The van der Waals surface area contributed by atoms with Gasteiger partial charge in [0.05, 0.1) is 0 Å². The van der Waals surface area contributed by atoms with Crippen LogP contribution in [0.3, 0.4) is 0 Å². The fourth-order valence-electron chi connectivity index (χ4n) is 2.36. The molecule has 0 saturated heterocycles. The third kappa shape index (κ3) is 3.61. The first kappa shape index (κ1) is 14.6. The van der Waals surface area contributed by atoms with Crippen molar-refractivity contribution in [3.63, 3.8) is 0 Å². The van der Waals surface area contributed by atoms with Crippen LogP contribution in [0, 0.1) is 17.8 Å². The summed E-state index contributed by atoms with van der Waals surface area (Å²) in [7, 11) is 0. The van der Waals surface area contributed by atoms with Crippen LogP contribution in [0.1, 0.15) is 42.1 Å². The SMILES string of the molecule is CCN(CC1CCC1)C(=O)c1ccc(C#CCO)cc1. The molecule has 0 aromatic heterocycles. The first-order chi connectivity index (χ1) is 9.74. The second-order valence-corrected chi connectivity index (χ2v) is 5.18.